The molecule has 0 amide bonds. The number of carbonyl (C=O) groups is 1. The molecule has 122 valence electrons. The highest BCUT2D eigenvalue weighted by molar-refractivity contribution is 5.74. The molecule has 0 aliphatic heterocycles. The van der Waals surface area contributed by atoms with Crippen molar-refractivity contribution in [2.75, 3.05) is 6.61 Å². The second-order valence-electron chi connectivity index (χ2n) is 6.33. The third-order valence-corrected chi connectivity index (χ3v) is 4.64. The molecule has 1 N–H and O–H groups in total. The van der Waals surface area contributed by atoms with Crippen LogP contribution in [0.1, 0.15) is 68.1 Å². The van der Waals surface area contributed by atoms with E-state index < -0.39 is 12.1 Å². The van der Waals surface area contributed by atoms with Crippen molar-refractivity contribution in [3.63, 3.8) is 0 Å². The van der Waals surface area contributed by atoms with Gasteiger partial charge in [-0.1, -0.05) is 37.5 Å². The van der Waals surface area contributed by atoms with E-state index in [1.54, 1.807) is 6.92 Å². The average Bonchev–Trinajstić information content (AvgIpc) is 2.53. The van der Waals surface area contributed by atoms with E-state index in [1.807, 2.05) is 0 Å². The first-order chi connectivity index (χ1) is 10.6. The second kappa shape index (κ2) is 8.33. The van der Waals surface area contributed by atoms with Crippen LogP contribution in [0.3, 0.4) is 0 Å². The van der Waals surface area contributed by atoms with Gasteiger partial charge in [0, 0.05) is 0 Å². The number of hydrogen-bond acceptors (Lipinski definition) is 3. The van der Waals surface area contributed by atoms with Crippen molar-refractivity contribution in [2.24, 2.45) is 0 Å². The molecule has 1 aromatic carbocycles. The zero-order valence-electron chi connectivity index (χ0n) is 13.8. The summed E-state index contributed by atoms with van der Waals surface area (Å²) in [6.45, 7) is 4.23. The Balaban J connectivity index is 1.93. The van der Waals surface area contributed by atoms with Crippen LogP contribution in [0.2, 0.25) is 0 Å². The fourth-order valence-corrected chi connectivity index (χ4v) is 3.42. The van der Waals surface area contributed by atoms with E-state index in [0.717, 1.165) is 0 Å². The summed E-state index contributed by atoms with van der Waals surface area (Å²) in [5.74, 6) is 0.200. The molecule has 2 rings (SSSR count). The molecule has 1 aliphatic rings. The summed E-state index contributed by atoms with van der Waals surface area (Å²) in [4.78, 5) is 11.4. The molecule has 1 aliphatic carbocycles. The van der Waals surface area contributed by atoms with Gasteiger partial charge in [0.15, 0.2) is 6.10 Å². The van der Waals surface area contributed by atoms with Gasteiger partial charge in [-0.15, -0.1) is 0 Å². The van der Waals surface area contributed by atoms with Gasteiger partial charge in [-0.05, 0) is 62.1 Å². The van der Waals surface area contributed by atoms with E-state index in [1.165, 1.54) is 48.8 Å². The summed E-state index contributed by atoms with van der Waals surface area (Å²) >= 11 is 0. The average molecular weight is 304 g/mol. The normalized spacial score (nSPS) is 17.2. The lowest BCUT2D eigenvalue weighted by atomic mass is 9.82. The number of aryl methyl sites for hydroxylation is 2. The first-order valence-electron chi connectivity index (χ1n) is 8.56. The summed E-state index contributed by atoms with van der Waals surface area (Å²) in [7, 11) is 0. The summed E-state index contributed by atoms with van der Waals surface area (Å²) in [5.41, 5.74) is 4.00. The number of hydrogen-bond donors (Lipinski definition) is 1. The monoisotopic (exact) mass is 304 g/mol. The summed E-state index contributed by atoms with van der Waals surface area (Å²) in [6, 6.07) is 6.61. The van der Waals surface area contributed by atoms with Crippen LogP contribution in [0.25, 0.3) is 0 Å². The second-order valence-corrected chi connectivity index (χ2v) is 6.33. The first-order valence-corrected chi connectivity index (χ1v) is 8.56. The number of esters is 1. The zero-order chi connectivity index (χ0) is 15.9. The maximum Gasteiger partial charge on any atom is 0.334 e. The lowest BCUT2D eigenvalue weighted by Crippen LogP contribution is -2.23. The standard InChI is InChI=1S/C19H28O3/c1-3-22-19(21)18(20)12-10-15-9-11-17(14(2)13-15)16-7-5-4-6-8-16/h9,11,13,16,18,20H,3-8,10,12H2,1-2H3. The molecular weight excluding hydrogens is 276 g/mol. The van der Waals surface area contributed by atoms with Crippen molar-refractivity contribution >= 4 is 5.97 Å². The van der Waals surface area contributed by atoms with Crippen LogP contribution in [0, 0.1) is 6.92 Å². The quantitative estimate of drug-likeness (QED) is 0.811. The molecule has 1 aromatic rings. The molecule has 0 radical (unpaired) electrons. The highest BCUT2D eigenvalue weighted by Gasteiger charge is 2.18. The molecule has 1 saturated carbocycles. The number of rotatable bonds is 6. The smallest absolute Gasteiger partial charge is 0.334 e. The van der Waals surface area contributed by atoms with E-state index in [2.05, 4.69) is 25.1 Å². The fourth-order valence-electron chi connectivity index (χ4n) is 3.42. The van der Waals surface area contributed by atoms with E-state index in [4.69, 9.17) is 4.74 Å². The van der Waals surface area contributed by atoms with Gasteiger partial charge in [0.2, 0.25) is 0 Å². The minimum absolute atomic E-state index is 0.311. The third kappa shape index (κ3) is 4.57. The molecule has 1 atom stereocenters. The molecule has 0 heterocycles. The van der Waals surface area contributed by atoms with Crippen molar-refractivity contribution < 1.29 is 14.6 Å². The van der Waals surface area contributed by atoms with Crippen LogP contribution < -0.4 is 0 Å². The summed E-state index contributed by atoms with van der Waals surface area (Å²) in [5, 5.41) is 9.76. The van der Waals surface area contributed by atoms with Crippen LogP contribution in [-0.2, 0) is 16.0 Å². The van der Waals surface area contributed by atoms with Crippen LogP contribution in [0.5, 0.6) is 0 Å². The van der Waals surface area contributed by atoms with Gasteiger partial charge < -0.3 is 9.84 Å². The van der Waals surface area contributed by atoms with Gasteiger partial charge in [0.1, 0.15) is 0 Å². The molecule has 0 aromatic heterocycles. The molecular formula is C19H28O3. The first kappa shape index (κ1) is 17.0. The van der Waals surface area contributed by atoms with E-state index >= 15 is 0 Å². The molecule has 0 spiro atoms. The Morgan fingerprint density at radius 2 is 2.05 bits per heavy atom. The number of aliphatic hydroxyl groups excluding tert-OH is 1. The van der Waals surface area contributed by atoms with Crippen molar-refractivity contribution in [3.05, 3.63) is 34.9 Å². The largest absolute Gasteiger partial charge is 0.464 e. The van der Waals surface area contributed by atoms with Gasteiger partial charge >= 0.3 is 5.97 Å². The number of carbonyl (C=O) groups excluding carboxylic acids is 1. The fraction of sp³-hybridized carbons (Fsp3) is 0.632. The van der Waals surface area contributed by atoms with Crippen LogP contribution in [0.15, 0.2) is 18.2 Å². The Morgan fingerprint density at radius 3 is 2.68 bits per heavy atom. The van der Waals surface area contributed by atoms with Gasteiger partial charge in [-0.3, -0.25) is 0 Å². The molecule has 3 nitrogen and oxygen atoms in total. The van der Waals surface area contributed by atoms with Gasteiger partial charge in [0.05, 0.1) is 6.61 Å². The van der Waals surface area contributed by atoms with Crippen molar-refractivity contribution in [3.8, 4) is 0 Å². The van der Waals surface area contributed by atoms with Crippen molar-refractivity contribution in [2.45, 2.75) is 70.8 Å². The minimum atomic E-state index is -1.02. The Morgan fingerprint density at radius 1 is 1.32 bits per heavy atom. The molecule has 1 fully saturated rings. The summed E-state index contributed by atoms with van der Waals surface area (Å²) < 4.78 is 4.83. The Bertz CT molecular complexity index is 489. The van der Waals surface area contributed by atoms with Crippen LogP contribution >= 0.6 is 0 Å². The topological polar surface area (TPSA) is 46.5 Å². The van der Waals surface area contributed by atoms with Gasteiger partial charge in [-0.25, -0.2) is 4.79 Å². The summed E-state index contributed by atoms with van der Waals surface area (Å²) in [6.07, 6.45) is 6.78. The number of aliphatic hydroxyl groups is 1. The lowest BCUT2D eigenvalue weighted by molar-refractivity contribution is -0.153. The van der Waals surface area contributed by atoms with E-state index in [0.29, 0.717) is 25.4 Å². The Labute approximate surface area is 133 Å². The Hall–Kier alpha value is -1.35. The predicted molar refractivity (Wildman–Crippen MR) is 88.0 cm³/mol. The highest BCUT2D eigenvalue weighted by Crippen LogP contribution is 2.34. The molecule has 0 bridgehead atoms. The van der Waals surface area contributed by atoms with Crippen molar-refractivity contribution in [1.29, 1.82) is 0 Å². The number of benzene rings is 1. The van der Waals surface area contributed by atoms with E-state index in [-0.39, 0.29) is 0 Å². The predicted octanol–water partition coefficient (Wildman–Crippen LogP) is 3.90. The minimum Gasteiger partial charge on any atom is -0.464 e. The maximum absolute atomic E-state index is 11.4. The zero-order valence-corrected chi connectivity index (χ0v) is 13.8. The van der Waals surface area contributed by atoms with Crippen LogP contribution in [-0.4, -0.2) is 23.8 Å². The Kier molecular flexibility index (Phi) is 6.44. The molecule has 3 heteroatoms. The van der Waals surface area contributed by atoms with E-state index in [9.17, 15) is 9.90 Å². The van der Waals surface area contributed by atoms with Gasteiger partial charge in [0.25, 0.3) is 0 Å². The maximum atomic E-state index is 11.4. The van der Waals surface area contributed by atoms with Crippen molar-refractivity contribution in [1.82, 2.24) is 0 Å². The lowest BCUT2D eigenvalue weighted by Gasteiger charge is -2.24. The number of ether oxygens (including phenoxy) is 1. The molecule has 22 heavy (non-hydrogen) atoms. The highest BCUT2D eigenvalue weighted by atomic mass is 16.5. The molecule has 0 saturated heterocycles. The van der Waals surface area contributed by atoms with Gasteiger partial charge in [-0.2, -0.15) is 0 Å². The SMILES string of the molecule is CCOC(=O)C(O)CCc1ccc(C2CCCCC2)c(C)c1. The third-order valence-electron chi connectivity index (χ3n) is 4.64. The molecule has 1 unspecified atom stereocenters. The van der Waals surface area contributed by atoms with Crippen LogP contribution in [0.4, 0.5) is 0 Å².